The number of nitriles is 1. The lowest BCUT2D eigenvalue weighted by atomic mass is 10.1. The van der Waals surface area contributed by atoms with Crippen molar-refractivity contribution in [1.29, 1.82) is 5.26 Å². The van der Waals surface area contributed by atoms with Crippen LogP contribution in [0.3, 0.4) is 0 Å². The van der Waals surface area contributed by atoms with Gasteiger partial charge in [-0.2, -0.15) is 5.26 Å². The number of benzene rings is 2. The van der Waals surface area contributed by atoms with Gasteiger partial charge in [0.05, 0.1) is 13.7 Å². The smallest absolute Gasteiger partial charge is 0.266 e. The summed E-state index contributed by atoms with van der Waals surface area (Å²) in [6.45, 7) is 2.78. The topological polar surface area (TPSA) is 91.6 Å². The Labute approximate surface area is 171 Å². The normalized spacial score (nSPS) is 10.9. The maximum Gasteiger partial charge on any atom is 0.266 e. The molecule has 0 aliphatic heterocycles. The average Bonchev–Trinajstić information content (AvgIpc) is 2.73. The molecule has 0 saturated heterocycles. The fourth-order valence-corrected chi connectivity index (χ4v) is 2.66. The number of rotatable bonds is 10. The third-order valence-corrected chi connectivity index (χ3v) is 4.24. The summed E-state index contributed by atoms with van der Waals surface area (Å²) < 4.78 is 11.2. The van der Waals surface area contributed by atoms with E-state index in [9.17, 15) is 15.2 Å². The number of nitrogens with one attached hydrogen (secondary N) is 1. The number of ether oxygens (including phenoxy) is 2. The molecule has 2 aromatic carbocycles. The van der Waals surface area contributed by atoms with Gasteiger partial charge in [0.15, 0.2) is 11.5 Å². The Morgan fingerprint density at radius 3 is 2.55 bits per heavy atom. The minimum absolute atomic E-state index is 0.0478. The van der Waals surface area contributed by atoms with Crippen LogP contribution in [0.15, 0.2) is 48.0 Å². The van der Waals surface area contributed by atoms with Gasteiger partial charge >= 0.3 is 0 Å². The zero-order chi connectivity index (χ0) is 21.1. The Morgan fingerprint density at radius 1 is 1.14 bits per heavy atom. The highest BCUT2D eigenvalue weighted by Crippen LogP contribution is 2.29. The van der Waals surface area contributed by atoms with Gasteiger partial charge in [0.2, 0.25) is 0 Å². The lowest BCUT2D eigenvalue weighted by Gasteiger charge is -2.11. The summed E-state index contributed by atoms with van der Waals surface area (Å²) in [6, 6.07) is 13.2. The number of methoxy groups -OCH3 is 1. The van der Waals surface area contributed by atoms with E-state index in [2.05, 4.69) is 12.2 Å². The fraction of sp³-hybridized carbons (Fsp3) is 0.304. The standard InChI is InChI=1S/C23H26N2O4/c1-3-4-5-6-13-29-21-12-7-17(15-22(21)28-2)14-18(16-24)23(27)25-19-8-10-20(26)11-9-19/h7-12,14-15,26H,3-6,13H2,1-2H3,(H,25,27). The predicted molar refractivity (Wildman–Crippen MR) is 113 cm³/mol. The van der Waals surface area contributed by atoms with Crippen LogP contribution in [-0.2, 0) is 4.79 Å². The molecule has 0 radical (unpaired) electrons. The minimum Gasteiger partial charge on any atom is -0.508 e. The molecule has 0 spiro atoms. The van der Waals surface area contributed by atoms with Gasteiger partial charge in [-0.15, -0.1) is 0 Å². The molecule has 6 nitrogen and oxygen atoms in total. The van der Waals surface area contributed by atoms with Crippen LogP contribution >= 0.6 is 0 Å². The molecule has 0 aliphatic carbocycles. The quantitative estimate of drug-likeness (QED) is 0.259. The van der Waals surface area contributed by atoms with E-state index in [1.54, 1.807) is 37.4 Å². The van der Waals surface area contributed by atoms with E-state index in [0.717, 1.165) is 12.8 Å². The lowest BCUT2D eigenvalue weighted by Crippen LogP contribution is -2.13. The second kappa shape index (κ2) is 11.4. The number of carbonyl (C=O) groups excluding carboxylic acids is 1. The highest BCUT2D eigenvalue weighted by molar-refractivity contribution is 6.09. The summed E-state index contributed by atoms with van der Waals surface area (Å²) >= 11 is 0. The van der Waals surface area contributed by atoms with Gasteiger partial charge in [-0.25, -0.2) is 0 Å². The first kappa shape index (κ1) is 21.8. The van der Waals surface area contributed by atoms with Crippen molar-refractivity contribution < 1.29 is 19.4 Å². The SMILES string of the molecule is CCCCCCOc1ccc(C=C(C#N)C(=O)Nc2ccc(O)cc2)cc1OC. The third-order valence-electron chi connectivity index (χ3n) is 4.24. The number of hydrogen-bond donors (Lipinski definition) is 2. The number of amides is 1. The molecule has 29 heavy (non-hydrogen) atoms. The monoisotopic (exact) mass is 394 g/mol. The summed E-state index contributed by atoms with van der Waals surface area (Å²) in [5.41, 5.74) is 1.09. The largest absolute Gasteiger partial charge is 0.508 e. The summed E-state index contributed by atoms with van der Waals surface area (Å²) in [4.78, 5) is 12.4. The molecule has 0 atom stereocenters. The molecule has 6 heteroatoms. The second-order valence-corrected chi connectivity index (χ2v) is 6.49. The van der Waals surface area contributed by atoms with Gasteiger partial charge in [-0.1, -0.05) is 32.3 Å². The number of nitrogens with zero attached hydrogens (tertiary/aromatic N) is 1. The molecule has 0 bridgehead atoms. The molecule has 2 rings (SSSR count). The number of carbonyl (C=O) groups is 1. The van der Waals surface area contributed by atoms with E-state index in [1.165, 1.54) is 31.1 Å². The molecule has 0 heterocycles. The number of hydrogen-bond acceptors (Lipinski definition) is 5. The van der Waals surface area contributed by atoms with Gasteiger partial charge in [-0.05, 0) is 54.5 Å². The molecular formula is C23H26N2O4. The maximum absolute atomic E-state index is 12.4. The van der Waals surface area contributed by atoms with Crippen LogP contribution in [0.5, 0.6) is 17.2 Å². The first-order chi connectivity index (χ1) is 14.1. The third kappa shape index (κ3) is 6.89. The van der Waals surface area contributed by atoms with Gasteiger partial charge < -0.3 is 19.9 Å². The number of phenolic OH excluding ortho intramolecular Hbond substituents is 1. The zero-order valence-corrected chi connectivity index (χ0v) is 16.8. The van der Waals surface area contributed by atoms with Crippen molar-refractivity contribution in [3.05, 3.63) is 53.6 Å². The Bertz CT molecular complexity index is 883. The van der Waals surface area contributed by atoms with Crippen LogP contribution in [0, 0.1) is 11.3 Å². The van der Waals surface area contributed by atoms with Gasteiger partial charge in [0.1, 0.15) is 17.4 Å². The fourth-order valence-electron chi connectivity index (χ4n) is 2.66. The summed E-state index contributed by atoms with van der Waals surface area (Å²) in [6.07, 6.45) is 5.96. The Kier molecular flexibility index (Phi) is 8.58. The highest BCUT2D eigenvalue weighted by atomic mass is 16.5. The number of phenols is 1. The van der Waals surface area contributed by atoms with Gasteiger partial charge in [-0.3, -0.25) is 4.79 Å². The summed E-state index contributed by atoms with van der Waals surface area (Å²) in [5.74, 6) is 0.742. The van der Waals surface area contributed by atoms with E-state index in [0.29, 0.717) is 29.4 Å². The van der Waals surface area contributed by atoms with Gasteiger partial charge in [0.25, 0.3) is 5.91 Å². The van der Waals surface area contributed by atoms with E-state index in [4.69, 9.17) is 9.47 Å². The Hall–Kier alpha value is -3.46. The molecule has 0 fully saturated rings. The zero-order valence-electron chi connectivity index (χ0n) is 16.8. The van der Waals surface area contributed by atoms with Crippen LogP contribution in [0.4, 0.5) is 5.69 Å². The second-order valence-electron chi connectivity index (χ2n) is 6.49. The van der Waals surface area contributed by atoms with Crippen molar-refractivity contribution >= 4 is 17.7 Å². The molecular weight excluding hydrogens is 368 g/mol. The van der Waals surface area contributed by atoms with Crippen LogP contribution < -0.4 is 14.8 Å². The molecule has 2 aromatic rings. The van der Waals surface area contributed by atoms with Crippen molar-refractivity contribution in [2.75, 3.05) is 19.0 Å². The molecule has 0 aromatic heterocycles. The molecule has 0 saturated carbocycles. The van der Waals surface area contributed by atoms with E-state index >= 15 is 0 Å². The molecule has 2 N–H and O–H groups in total. The van der Waals surface area contributed by atoms with Crippen LogP contribution in [0.25, 0.3) is 6.08 Å². The van der Waals surface area contributed by atoms with Gasteiger partial charge in [0, 0.05) is 5.69 Å². The minimum atomic E-state index is -0.534. The van der Waals surface area contributed by atoms with Crippen molar-refractivity contribution in [2.45, 2.75) is 32.6 Å². The lowest BCUT2D eigenvalue weighted by molar-refractivity contribution is -0.112. The van der Waals surface area contributed by atoms with E-state index in [-0.39, 0.29) is 11.3 Å². The van der Waals surface area contributed by atoms with Crippen molar-refractivity contribution in [1.82, 2.24) is 0 Å². The average molecular weight is 394 g/mol. The molecule has 1 amide bonds. The molecule has 0 unspecified atom stereocenters. The Morgan fingerprint density at radius 2 is 1.90 bits per heavy atom. The maximum atomic E-state index is 12.4. The summed E-state index contributed by atoms with van der Waals surface area (Å²) in [5, 5.41) is 21.3. The first-order valence-electron chi connectivity index (χ1n) is 9.60. The van der Waals surface area contributed by atoms with Crippen LogP contribution in [0.2, 0.25) is 0 Å². The predicted octanol–water partition coefficient (Wildman–Crippen LogP) is 4.91. The number of anilines is 1. The van der Waals surface area contributed by atoms with Crippen molar-refractivity contribution in [2.24, 2.45) is 0 Å². The van der Waals surface area contributed by atoms with Crippen molar-refractivity contribution in [3.63, 3.8) is 0 Å². The summed E-state index contributed by atoms with van der Waals surface area (Å²) in [7, 11) is 1.55. The Balaban J connectivity index is 2.08. The highest BCUT2D eigenvalue weighted by Gasteiger charge is 2.11. The molecule has 0 aliphatic rings. The molecule has 152 valence electrons. The van der Waals surface area contributed by atoms with Crippen molar-refractivity contribution in [3.8, 4) is 23.3 Å². The van der Waals surface area contributed by atoms with E-state index in [1.807, 2.05) is 6.07 Å². The van der Waals surface area contributed by atoms with Crippen LogP contribution in [-0.4, -0.2) is 24.7 Å². The number of aromatic hydroxyl groups is 1. The number of unbranched alkanes of at least 4 members (excludes halogenated alkanes) is 3. The first-order valence-corrected chi connectivity index (χ1v) is 9.60. The van der Waals surface area contributed by atoms with Crippen LogP contribution in [0.1, 0.15) is 38.2 Å². The van der Waals surface area contributed by atoms with E-state index < -0.39 is 5.91 Å².